The number of fused-ring (bicyclic) bond motifs is 3. The zero-order valence-corrected chi connectivity index (χ0v) is 12.6. The molecule has 0 saturated heterocycles. The second-order valence-corrected chi connectivity index (χ2v) is 5.28. The van der Waals surface area contributed by atoms with Gasteiger partial charge in [0, 0.05) is 19.7 Å². The van der Waals surface area contributed by atoms with Crippen LogP contribution in [0.15, 0.2) is 24.4 Å². The van der Waals surface area contributed by atoms with Crippen molar-refractivity contribution < 1.29 is 18.3 Å². The molecular formula is C15H16F3N5O. The molecule has 9 heteroatoms. The number of rotatable bonds is 5. The summed E-state index contributed by atoms with van der Waals surface area (Å²) in [5.74, 6) is 0.356. The summed E-state index contributed by atoms with van der Waals surface area (Å²) in [5, 5.41) is 11.9. The largest absolute Gasteiger partial charge is 0.416 e. The Bertz CT molecular complexity index is 875. The van der Waals surface area contributed by atoms with Gasteiger partial charge in [0.15, 0.2) is 11.5 Å². The number of aliphatic hydroxyl groups is 1. The minimum atomic E-state index is -4.44. The molecule has 6 nitrogen and oxygen atoms in total. The Morgan fingerprint density at radius 1 is 1.29 bits per heavy atom. The quantitative estimate of drug-likeness (QED) is 0.620. The lowest BCUT2D eigenvalue weighted by Gasteiger charge is -2.12. The molecular weight excluding hydrogens is 323 g/mol. The summed E-state index contributed by atoms with van der Waals surface area (Å²) in [4.78, 5) is 8.54. The Labute approximate surface area is 135 Å². The molecule has 128 valence electrons. The number of nitrogens with two attached hydrogens (primary N) is 1. The molecule has 0 unspecified atom stereocenters. The Morgan fingerprint density at radius 2 is 2.08 bits per heavy atom. The Balaban J connectivity index is 2.23. The highest BCUT2D eigenvalue weighted by Gasteiger charge is 2.31. The predicted molar refractivity (Wildman–Crippen MR) is 83.6 cm³/mol. The van der Waals surface area contributed by atoms with Gasteiger partial charge in [-0.2, -0.15) is 13.2 Å². The van der Waals surface area contributed by atoms with Gasteiger partial charge in [0.25, 0.3) is 0 Å². The first-order valence-electron chi connectivity index (χ1n) is 7.38. The summed E-state index contributed by atoms with van der Waals surface area (Å²) < 4.78 is 40.6. The highest BCUT2D eigenvalue weighted by Crippen LogP contribution is 2.32. The van der Waals surface area contributed by atoms with E-state index in [-0.39, 0.29) is 18.7 Å². The number of benzene rings is 1. The fourth-order valence-electron chi connectivity index (χ4n) is 2.52. The van der Waals surface area contributed by atoms with Crippen molar-refractivity contribution in [2.75, 3.05) is 18.5 Å². The van der Waals surface area contributed by atoms with Crippen molar-refractivity contribution in [3.05, 3.63) is 35.7 Å². The zero-order valence-electron chi connectivity index (χ0n) is 12.6. The molecule has 0 spiro atoms. The van der Waals surface area contributed by atoms with Gasteiger partial charge in [0.2, 0.25) is 0 Å². The normalized spacial score (nSPS) is 12.2. The van der Waals surface area contributed by atoms with Crippen molar-refractivity contribution in [1.29, 1.82) is 0 Å². The van der Waals surface area contributed by atoms with Gasteiger partial charge in [-0.3, -0.25) is 4.40 Å². The molecule has 0 amide bonds. The van der Waals surface area contributed by atoms with E-state index in [4.69, 9.17) is 10.8 Å². The average Bonchev–Trinajstić information content (AvgIpc) is 2.98. The summed E-state index contributed by atoms with van der Waals surface area (Å²) in [6.45, 7) is 0.614. The summed E-state index contributed by atoms with van der Waals surface area (Å²) >= 11 is 0. The van der Waals surface area contributed by atoms with Crippen LogP contribution in [0.3, 0.4) is 0 Å². The number of anilines is 1. The summed E-state index contributed by atoms with van der Waals surface area (Å²) in [6, 6.07) is 3.39. The minimum absolute atomic E-state index is 0.00240. The number of nitrogens with one attached hydrogen (secondary N) is 1. The molecule has 2 aromatic heterocycles. The van der Waals surface area contributed by atoms with E-state index < -0.39 is 11.7 Å². The maximum absolute atomic E-state index is 13.0. The van der Waals surface area contributed by atoms with Crippen LogP contribution in [0.1, 0.15) is 17.7 Å². The monoisotopic (exact) mass is 339 g/mol. The number of nitrogens with zero attached hydrogens (tertiary/aromatic N) is 3. The van der Waals surface area contributed by atoms with Gasteiger partial charge in [-0.25, -0.2) is 9.97 Å². The topological polar surface area (TPSA) is 88.5 Å². The second-order valence-electron chi connectivity index (χ2n) is 5.28. The first-order valence-corrected chi connectivity index (χ1v) is 7.38. The van der Waals surface area contributed by atoms with Crippen LogP contribution in [-0.4, -0.2) is 32.6 Å². The molecule has 0 aliphatic carbocycles. The molecule has 0 saturated carbocycles. The van der Waals surface area contributed by atoms with E-state index in [1.54, 1.807) is 10.6 Å². The van der Waals surface area contributed by atoms with E-state index >= 15 is 0 Å². The molecule has 0 aliphatic heterocycles. The van der Waals surface area contributed by atoms with Crippen LogP contribution < -0.4 is 11.1 Å². The van der Waals surface area contributed by atoms with Gasteiger partial charge in [-0.05, 0) is 24.6 Å². The smallest absolute Gasteiger partial charge is 0.396 e. The highest BCUT2D eigenvalue weighted by molar-refractivity contribution is 5.84. The molecule has 3 rings (SSSR count). The molecule has 2 heterocycles. The first kappa shape index (κ1) is 16.5. The summed E-state index contributed by atoms with van der Waals surface area (Å²) in [6.07, 6.45) is -2.38. The van der Waals surface area contributed by atoms with Gasteiger partial charge in [0.05, 0.1) is 28.5 Å². The van der Waals surface area contributed by atoms with Gasteiger partial charge >= 0.3 is 6.18 Å². The van der Waals surface area contributed by atoms with Crippen LogP contribution in [0.2, 0.25) is 0 Å². The van der Waals surface area contributed by atoms with Crippen molar-refractivity contribution in [1.82, 2.24) is 14.4 Å². The van der Waals surface area contributed by atoms with E-state index in [0.717, 1.165) is 12.1 Å². The molecule has 4 N–H and O–H groups in total. The van der Waals surface area contributed by atoms with E-state index in [0.29, 0.717) is 35.6 Å². The van der Waals surface area contributed by atoms with Crippen LogP contribution in [-0.2, 0) is 12.7 Å². The summed E-state index contributed by atoms with van der Waals surface area (Å²) in [5.41, 5.74) is 6.79. The number of hydrogen-bond acceptors (Lipinski definition) is 5. The third-order valence-electron chi connectivity index (χ3n) is 3.66. The molecule has 1 aromatic carbocycles. The average molecular weight is 339 g/mol. The van der Waals surface area contributed by atoms with E-state index in [1.165, 1.54) is 6.07 Å². The number of imidazole rings is 1. The second kappa shape index (κ2) is 6.25. The number of halogens is 3. The van der Waals surface area contributed by atoms with E-state index in [2.05, 4.69) is 15.3 Å². The third-order valence-corrected chi connectivity index (χ3v) is 3.66. The molecule has 0 radical (unpaired) electrons. The molecule has 3 aromatic rings. The SMILES string of the molecule is NCc1cnc2c(NCCCO)nc3cc(C(F)(F)F)ccc3n12. The summed E-state index contributed by atoms with van der Waals surface area (Å²) in [7, 11) is 0. The van der Waals surface area contributed by atoms with Gasteiger partial charge in [-0.1, -0.05) is 0 Å². The standard InChI is InChI=1S/C15H16F3N5O/c16-15(17,18)9-2-3-12-11(6-9)22-13(20-4-1-5-24)14-21-8-10(7-19)23(12)14/h2-3,6,8,24H,1,4-5,7,19H2,(H,20,22). The molecule has 0 fully saturated rings. The fraction of sp³-hybridized carbons (Fsp3) is 0.333. The van der Waals surface area contributed by atoms with Crippen LogP contribution in [0, 0.1) is 0 Å². The molecule has 24 heavy (non-hydrogen) atoms. The maximum atomic E-state index is 13.0. The van der Waals surface area contributed by atoms with Crippen molar-refractivity contribution in [2.24, 2.45) is 5.73 Å². The lowest BCUT2D eigenvalue weighted by atomic mass is 10.2. The van der Waals surface area contributed by atoms with E-state index in [9.17, 15) is 13.2 Å². The van der Waals surface area contributed by atoms with Crippen LogP contribution in [0.4, 0.5) is 19.0 Å². The van der Waals surface area contributed by atoms with Gasteiger partial charge in [-0.15, -0.1) is 0 Å². The minimum Gasteiger partial charge on any atom is -0.396 e. The van der Waals surface area contributed by atoms with E-state index in [1.807, 2.05) is 0 Å². The number of hydrogen-bond donors (Lipinski definition) is 3. The fourth-order valence-corrected chi connectivity index (χ4v) is 2.52. The predicted octanol–water partition coefficient (Wildman–Crippen LogP) is 2.15. The Hall–Kier alpha value is -2.39. The number of aromatic nitrogens is 3. The van der Waals surface area contributed by atoms with Gasteiger partial charge < -0.3 is 16.2 Å². The molecule has 0 atom stereocenters. The lowest BCUT2D eigenvalue weighted by molar-refractivity contribution is -0.137. The zero-order chi connectivity index (χ0) is 17.3. The highest BCUT2D eigenvalue weighted by atomic mass is 19.4. The Morgan fingerprint density at radius 3 is 2.75 bits per heavy atom. The van der Waals surface area contributed by atoms with Crippen molar-refractivity contribution in [3.8, 4) is 0 Å². The van der Waals surface area contributed by atoms with Crippen molar-refractivity contribution in [3.63, 3.8) is 0 Å². The van der Waals surface area contributed by atoms with Crippen molar-refractivity contribution >= 4 is 22.5 Å². The first-order chi connectivity index (χ1) is 11.5. The van der Waals surface area contributed by atoms with Crippen LogP contribution >= 0.6 is 0 Å². The molecule has 0 aliphatic rings. The number of aliphatic hydroxyl groups excluding tert-OH is 1. The van der Waals surface area contributed by atoms with Gasteiger partial charge in [0.1, 0.15) is 0 Å². The third kappa shape index (κ3) is 2.87. The van der Waals surface area contributed by atoms with Crippen molar-refractivity contribution in [2.45, 2.75) is 19.1 Å². The molecule has 0 bridgehead atoms. The lowest BCUT2D eigenvalue weighted by Crippen LogP contribution is -2.10. The maximum Gasteiger partial charge on any atom is 0.416 e. The van der Waals surface area contributed by atoms with Crippen LogP contribution in [0.25, 0.3) is 16.7 Å². The Kier molecular flexibility index (Phi) is 4.29. The number of alkyl halides is 3. The van der Waals surface area contributed by atoms with Crippen LogP contribution in [0.5, 0.6) is 0 Å².